The number of methoxy groups -OCH3 is 1. The van der Waals surface area contributed by atoms with Crippen LogP contribution in [0.2, 0.25) is 0 Å². The molecule has 0 saturated carbocycles. The topological polar surface area (TPSA) is 57.3 Å². The van der Waals surface area contributed by atoms with Gasteiger partial charge in [-0.05, 0) is 26.7 Å². The Labute approximate surface area is 124 Å². The first kappa shape index (κ1) is 13.7. The number of carbonyl (C=O) groups excluding carboxylic acids is 1. The van der Waals surface area contributed by atoms with E-state index in [1.165, 1.54) is 5.57 Å². The molecule has 0 aromatic heterocycles. The summed E-state index contributed by atoms with van der Waals surface area (Å²) in [6.07, 6.45) is 4.49. The van der Waals surface area contributed by atoms with Crippen molar-refractivity contribution in [2.75, 3.05) is 7.11 Å². The third-order valence-electron chi connectivity index (χ3n) is 5.47. The number of hydrogen-bond donors (Lipinski definition) is 0. The fourth-order valence-electron chi connectivity index (χ4n) is 4.22. The molecule has 7 atom stereocenters. The molecular weight excluding hydrogens is 272 g/mol. The monoisotopic (exact) mass is 294 g/mol. The standard InChI is InChI=1S/C16H22O5/c1-8-4-5-11-16(2,21-11)7-10-12-9(6-8)20-15(18-3)13(12)14(17)19-10/h6,9-13,15H,4-5,7H2,1-3H3/b8-6-/t9-,10+,11-,12-,13-,15-,16+/m1/s1. The van der Waals surface area contributed by atoms with Gasteiger partial charge < -0.3 is 18.9 Å². The number of allylic oxidation sites excluding steroid dienone is 1. The van der Waals surface area contributed by atoms with Crippen LogP contribution in [0, 0.1) is 11.8 Å². The highest BCUT2D eigenvalue weighted by Gasteiger charge is 2.62. The summed E-state index contributed by atoms with van der Waals surface area (Å²) in [5.41, 5.74) is 1.14. The average molecular weight is 294 g/mol. The first-order valence-corrected chi connectivity index (χ1v) is 7.76. The summed E-state index contributed by atoms with van der Waals surface area (Å²) in [6.45, 7) is 4.24. The summed E-state index contributed by atoms with van der Waals surface area (Å²) in [6, 6.07) is 0. The molecule has 0 N–H and O–H groups in total. The molecule has 0 unspecified atom stereocenters. The second-order valence-electron chi connectivity index (χ2n) is 6.96. The van der Waals surface area contributed by atoms with E-state index in [-0.39, 0.29) is 41.7 Å². The number of epoxide rings is 1. The van der Waals surface area contributed by atoms with Gasteiger partial charge in [0.15, 0.2) is 6.29 Å². The number of esters is 1. The Morgan fingerprint density at radius 3 is 3.00 bits per heavy atom. The maximum atomic E-state index is 12.2. The summed E-state index contributed by atoms with van der Waals surface area (Å²) >= 11 is 0. The van der Waals surface area contributed by atoms with E-state index in [1.807, 2.05) is 0 Å². The van der Waals surface area contributed by atoms with Crippen LogP contribution in [0.1, 0.15) is 33.1 Å². The Hall–Kier alpha value is -0.910. The van der Waals surface area contributed by atoms with Gasteiger partial charge >= 0.3 is 5.97 Å². The van der Waals surface area contributed by atoms with E-state index in [9.17, 15) is 4.79 Å². The lowest BCUT2D eigenvalue weighted by Gasteiger charge is -2.23. The molecule has 0 amide bonds. The second-order valence-corrected chi connectivity index (χ2v) is 6.96. The van der Waals surface area contributed by atoms with Crippen molar-refractivity contribution in [2.45, 2.75) is 63.3 Å². The Morgan fingerprint density at radius 1 is 1.43 bits per heavy atom. The number of rotatable bonds is 1. The molecule has 0 spiro atoms. The van der Waals surface area contributed by atoms with Gasteiger partial charge in [0.1, 0.15) is 12.0 Å². The van der Waals surface area contributed by atoms with Gasteiger partial charge in [-0.3, -0.25) is 4.79 Å². The summed E-state index contributed by atoms with van der Waals surface area (Å²) in [7, 11) is 1.58. The number of carbonyl (C=O) groups is 1. The van der Waals surface area contributed by atoms with Crippen molar-refractivity contribution in [1.29, 1.82) is 0 Å². The molecule has 3 aliphatic heterocycles. The predicted molar refractivity (Wildman–Crippen MR) is 73.4 cm³/mol. The average Bonchev–Trinajstić information content (AvgIpc) is 2.78. The predicted octanol–water partition coefficient (Wildman–Crippen LogP) is 1.80. The summed E-state index contributed by atoms with van der Waals surface area (Å²) < 4.78 is 22.9. The molecule has 0 bridgehead atoms. The van der Waals surface area contributed by atoms with E-state index in [1.54, 1.807) is 7.11 Å². The van der Waals surface area contributed by atoms with Gasteiger partial charge in [0, 0.05) is 19.4 Å². The smallest absolute Gasteiger partial charge is 0.314 e. The molecule has 21 heavy (non-hydrogen) atoms. The highest BCUT2D eigenvalue weighted by molar-refractivity contribution is 5.76. The van der Waals surface area contributed by atoms with E-state index in [0.29, 0.717) is 0 Å². The van der Waals surface area contributed by atoms with Gasteiger partial charge in [0.2, 0.25) is 0 Å². The van der Waals surface area contributed by atoms with E-state index in [2.05, 4.69) is 19.9 Å². The number of fused-ring (bicyclic) bond motifs is 1. The van der Waals surface area contributed by atoms with Crippen LogP contribution in [-0.2, 0) is 23.7 Å². The van der Waals surface area contributed by atoms with Gasteiger partial charge in [-0.25, -0.2) is 0 Å². The maximum absolute atomic E-state index is 12.2. The van der Waals surface area contributed by atoms with E-state index >= 15 is 0 Å². The van der Waals surface area contributed by atoms with Crippen LogP contribution in [0.5, 0.6) is 0 Å². The molecule has 0 aromatic rings. The quantitative estimate of drug-likeness (QED) is 0.419. The van der Waals surface area contributed by atoms with Crippen molar-refractivity contribution in [3.05, 3.63) is 11.6 Å². The van der Waals surface area contributed by atoms with Crippen LogP contribution < -0.4 is 0 Å². The van der Waals surface area contributed by atoms with Crippen molar-refractivity contribution in [2.24, 2.45) is 11.8 Å². The Bertz CT molecular complexity index is 501. The molecule has 3 saturated heterocycles. The molecule has 4 rings (SSSR count). The molecule has 0 aromatic carbocycles. The molecule has 4 aliphatic rings. The molecular formula is C16H22O5. The summed E-state index contributed by atoms with van der Waals surface area (Å²) in [5, 5.41) is 0. The fourth-order valence-corrected chi connectivity index (χ4v) is 4.22. The van der Waals surface area contributed by atoms with Crippen LogP contribution in [0.3, 0.4) is 0 Å². The molecule has 5 nitrogen and oxygen atoms in total. The molecule has 0 radical (unpaired) electrons. The van der Waals surface area contributed by atoms with Crippen molar-refractivity contribution in [1.82, 2.24) is 0 Å². The SMILES string of the molecule is CO[C@@H]1O[C@@H]2/C=C(/C)CC[C@H]3O[C@@]3(C)C[C@@H]3OC(=O)[C@H]1[C@@H]32. The van der Waals surface area contributed by atoms with Gasteiger partial charge in [-0.2, -0.15) is 0 Å². The molecule has 116 valence electrons. The normalized spacial score (nSPS) is 54.2. The van der Waals surface area contributed by atoms with Crippen LogP contribution in [0.15, 0.2) is 11.6 Å². The van der Waals surface area contributed by atoms with Crippen molar-refractivity contribution >= 4 is 5.97 Å². The third-order valence-corrected chi connectivity index (χ3v) is 5.47. The van der Waals surface area contributed by atoms with E-state index < -0.39 is 6.29 Å². The number of hydrogen-bond acceptors (Lipinski definition) is 5. The number of ether oxygens (including phenoxy) is 4. The molecule has 1 aliphatic carbocycles. The van der Waals surface area contributed by atoms with E-state index in [0.717, 1.165) is 19.3 Å². The Morgan fingerprint density at radius 2 is 2.24 bits per heavy atom. The van der Waals surface area contributed by atoms with Crippen molar-refractivity contribution in [3.63, 3.8) is 0 Å². The van der Waals surface area contributed by atoms with Gasteiger partial charge in [-0.15, -0.1) is 0 Å². The zero-order valence-corrected chi connectivity index (χ0v) is 12.7. The lowest BCUT2D eigenvalue weighted by molar-refractivity contribution is -0.166. The van der Waals surface area contributed by atoms with E-state index in [4.69, 9.17) is 18.9 Å². The fraction of sp³-hybridized carbons (Fsp3) is 0.812. The van der Waals surface area contributed by atoms with Crippen LogP contribution >= 0.6 is 0 Å². The molecule has 5 heteroatoms. The minimum Gasteiger partial charge on any atom is -0.461 e. The van der Waals surface area contributed by atoms with Gasteiger partial charge in [-0.1, -0.05) is 11.6 Å². The van der Waals surface area contributed by atoms with Crippen LogP contribution in [0.4, 0.5) is 0 Å². The molecule has 3 heterocycles. The first-order chi connectivity index (χ1) is 10.0. The van der Waals surface area contributed by atoms with Gasteiger partial charge in [0.25, 0.3) is 0 Å². The van der Waals surface area contributed by atoms with Crippen LogP contribution in [0.25, 0.3) is 0 Å². The van der Waals surface area contributed by atoms with Crippen molar-refractivity contribution in [3.8, 4) is 0 Å². The third kappa shape index (κ3) is 2.05. The highest BCUT2D eigenvalue weighted by atomic mass is 16.7. The second kappa shape index (κ2) is 4.54. The van der Waals surface area contributed by atoms with Gasteiger partial charge in [0.05, 0.1) is 17.8 Å². The molecule has 3 fully saturated rings. The zero-order valence-electron chi connectivity index (χ0n) is 12.7. The highest BCUT2D eigenvalue weighted by Crippen LogP contribution is 2.51. The minimum absolute atomic E-state index is 0.0391. The lowest BCUT2D eigenvalue weighted by Crippen LogP contribution is -2.32. The lowest BCUT2D eigenvalue weighted by atomic mass is 9.81. The largest absolute Gasteiger partial charge is 0.461 e. The minimum atomic E-state index is -0.494. The van der Waals surface area contributed by atoms with Crippen LogP contribution in [-0.4, -0.2) is 43.3 Å². The first-order valence-electron chi connectivity index (χ1n) is 7.76. The maximum Gasteiger partial charge on any atom is 0.314 e. The van der Waals surface area contributed by atoms with Crippen molar-refractivity contribution < 1.29 is 23.7 Å². The Balaban J connectivity index is 1.70. The Kier molecular flexibility index (Phi) is 2.97. The zero-order chi connectivity index (χ0) is 14.8. The summed E-state index contributed by atoms with van der Waals surface area (Å²) in [5.74, 6) is -0.461. The summed E-state index contributed by atoms with van der Waals surface area (Å²) in [4.78, 5) is 12.2.